The number of hydrogen-bond donors (Lipinski definition) is 2. The number of amides is 2. The topological polar surface area (TPSA) is 156 Å². The molecule has 0 unspecified atom stereocenters. The largest absolute Gasteiger partial charge is 0.463 e. The molecule has 1 heterocycles. The number of carbonyl (C=O) groups excluding carboxylic acids is 5. The van der Waals surface area contributed by atoms with Crippen molar-refractivity contribution in [3.05, 3.63) is 29.8 Å². The van der Waals surface area contributed by atoms with Crippen LogP contribution in [-0.2, 0) is 42.9 Å². The summed E-state index contributed by atoms with van der Waals surface area (Å²) in [5, 5.41) is 5.16. The molecule has 186 valence electrons. The molecule has 0 aliphatic carbocycles. The lowest BCUT2D eigenvalue weighted by Crippen LogP contribution is -2.67. The highest BCUT2D eigenvalue weighted by atomic mass is 16.7. The quantitative estimate of drug-likeness (QED) is 0.429. The zero-order valence-corrected chi connectivity index (χ0v) is 19.5. The Morgan fingerprint density at radius 3 is 1.91 bits per heavy atom. The second-order valence-electron chi connectivity index (χ2n) is 7.59. The minimum Gasteiger partial charge on any atom is -0.463 e. The standard InChI is InChI=1S/C22H28N2O10/c1-11-6-8-16(9-7-11)23-22(29)24-18-20(32-14(4)27)19(31-13(3)26)17(10-30-12(2)25)34-21(18)33-15(5)28/h6-9,17-21H,10H2,1-5H3,(H2,23,24,29)/t17-,18-,19-,20-,21+/m1/s1. The van der Waals surface area contributed by atoms with Crippen molar-refractivity contribution >= 4 is 35.6 Å². The first kappa shape index (κ1) is 26.6. The van der Waals surface area contributed by atoms with E-state index in [4.69, 9.17) is 23.7 Å². The maximum Gasteiger partial charge on any atom is 0.319 e. The van der Waals surface area contributed by atoms with E-state index in [1.807, 2.05) is 6.92 Å². The predicted octanol–water partition coefficient (Wildman–Crippen LogP) is 1.20. The lowest BCUT2D eigenvalue weighted by molar-refractivity contribution is -0.270. The predicted molar refractivity (Wildman–Crippen MR) is 115 cm³/mol. The third kappa shape index (κ3) is 8.03. The molecular weight excluding hydrogens is 452 g/mol. The van der Waals surface area contributed by atoms with E-state index in [9.17, 15) is 24.0 Å². The lowest BCUT2D eigenvalue weighted by atomic mass is 9.96. The number of nitrogens with one attached hydrogen (secondary N) is 2. The molecule has 1 aromatic carbocycles. The number of rotatable bonds is 7. The van der Waals surface area contributed by atoms with E-state index < -0.39 is 67.2 Å². The van der Waals surface area contributed by atoms with E-state index in [-0.39, 0.29) is 0 Å². The van der Waals surface area contributed by atoms with E-state index in [0.29, 0.717) is 5.69 Å². The first-order chi connectivity index (χ1) is 16.0. The molecule has 0 radical (unpaired) electrons. The van der Waals surface area contributed by atoms with Crippen LogP contribution in [0.5, 0.6) is 0 Å². The van der Waals surface area contributed by atoms with E-state index in [1.165, 1.54) is 0 Å². The van der Waals surface area contributed by atoms with E-state index in [1.54, 1.807) is 24.3 Å². The van der Waals surface area contributed by atoms with Gasteiger partial charge < -0.3 is 34.3 Å². The van der Waals surface area contributed by atoms with Crippen molar-refractivity contribution in [2.24, 2.45) is 0 Å². The van der Waals surface area contributed by atoms with Gasteiger partial charge in [0.05, 0.1) is 0 Å². The molecule has 0 bridgehead atoms. The fraction of sp³-hybridized carbons (Fsp3) is 0.500. The second kappa shape index (κ2) is 12.0. The van der Waals surface area contributed by atoms with E-state index >= 15 is 0 Å². The molecule has 0 saturated carbocycles. The van der Waals surface area contributed by atoms with Crippen molar-refractivity contribution in [2.75, 3.05) is 11.9 Å². The van der Waals surface area contributed by atoms with Gasteiger partial charge in [0, 0.05) is 33.4 Å². The Kier molecular flexibility index (Phi) is 9.36. The third-order valence-corrected chi connectivity index (χ3v) is 4.59. The van der Waals surface area contributed by atoms with Crippen LogP contribution in [0, 0.1) is 6.92 Å². The lowest BCUT2D eigenvalue weighted by Gasteiger charge is -2.44. The Bertz CT molecular complexity index is 917. The van der Waals surface area contributed by atoms with Gasteiger partial charge in [0.15, 0.2) is 12.2 Å². The Hall–Kier alpha value is -3.67. The number of benzene rings is 1. The van der Waals surface area contributed by atoms with Crippen LogP contribution < -0.4 is 10.6 Å². The number of carbonyl (C=O) groups is 5. The van der Waals surface area contributed by atoms with Crippen molar-refractivity contribution in [1.82, 2.24) is 5.32 Å². The molecule has 12 nitrogen and oxygen atoms in total. The minimum absolute atomic E-state index is 0.398. The van der Waals surface area contributed by atoms with Crippen molar-refractivity contribution in [2.45, 2.75) is 65.3 Å². The second-order valence-corrected chi connectivity index (χ2v) is 7.59. The summed E-state index contributed by atoms with van der Waals surface area (Å²) in [4.78, 5) is 59.4. The zero-order valence-electron chi connectivity index (χ0n) is 19.5. The fourth-order valence-electron chi connectivity index (χ4n) is 3.28. The van der Waals surface area contributed by atoms with E-state index in [0.717, 1.165) is 33.3 Å². The van der Waals surface area contributed by atoms with Gasteiger partial charge in [-0.1, -0.05) is 17.7 Å². The molecule has 0 spiro atoms. The summed E-state index contributed by atoms with van der Waals surface area (Å²) >= 11 is 0. The number of anilines is 1. The average molecular weight is 480 g/mol. The van der Waals surface area contributed by atoms with Crippen molar-refractivity contribution in [1.29, 1.82) is 0 Å². The Morgan fingerprint density at radius 1 is 0.824 bits per heavy atom. The van der Waals surface area contributed by atoms with Crippen molar-refractivity contribution in [3.8, 4) is 0 Å². The Balaban J connectivity index is 2.37. The minimum atomic E-state index is -1.46. The maximum atomic E-state index is 12.7. The highest BCUT2D eigenvalue weighted by Gasteiger charge is 2.52. The molecule has 0 aromatic heterocycles. The summed E-state index contributed by atoms with van der Waals surface area (Å²) in [6.07, 6.45) is -5.27. The average Bonchev–Trinajstić information content (AvgIpc) is 2.71. The van der Waals surface area contributed by atoms with Gasteiger partial charge in [-0.3, -0.25) is 19.2 Å². The Morgan fingerprint density at radius 2 is 1.38 bits per heavy atom. The molecular formula is C22H28N2O10. The first-order valence-electron chi connectivity index (χ1n) is 10.4. The van der Waals surface area contributed by atoms with Gasteiger partial charge in [-0.25, -0.2) is 4.79 Å². The Labute approximate surface area is 196 Å². The van der Waals surface area contributed by atoms with Gasteiger partial charge in [-0.15, -0.1) is 0 Å². The smallest absolute Gasteiger partial charge is 0.319 e. The molecule has 12 heteroatoms. The van der Waals surface area contributed by atoms with Crippen LogP contribution in [0.3, 0.4) is 0 Å². The molecule has 2 N–H and O–H groups in total. The summed E-state index contributed by atoms with van der Waals surface area (Å²) in [6.45, 7) is 6.01. The zero-order chi connectivity index (χ0) is 25.4. The third-order valence-electron chi connectivity index (χ3n) is 4.59. The summed E-state index contributed by atoms with van der Waals surface area (Å²) in [5.74, 6) is -2.90. The normalized spacial score (nSPS) is 23.7. The van der Waals surface area contributed by atoms with Crippen LogP contribution in [0.1, 0.15) is 33.3 Å². The molecule has 1 aliphatic rings. The highest BCUT2D eigenvalue weighted by molar-refractivity contribution is 5.89. The molecule has 2 amide bonds. The summed E-state index contributed by atoms with van der Waals surface area (Å²) in [5.41, 5.74) is 1.46. The van der Waals surface area contributed by atoms with Crippen LogP contribution in [0.2, 0.25) is 0 Å². The molecule has 1 aromatic rings. The van der Waals surface area contributed by atoms with Crippen LogP contribution in [0.25, 0.3) is 0 Å². The molecule has 5 atom stereocenters. The molecule has 34 heavy (non-hydrogen) atoms. The maximum absolute atomic E-state index is 12.7. The molecule has 1 saturated heterocycles. The summed E-state index contributed by atoms with van der Waals surface area (Å²) in [7, 11) is 0. The van der Waals surface area contributed by atoms with Crippen LogP contribution in [0.15, 0.2) is 24.3 Å². The van der Waals surface area contributed by atoms with E-state index in [2.05, 4.69) is 10.6 Å². The summed E-state index contributed by atoms with van der Waals surface area (Å²) in [6, 6.07) is 4.92. The number of urea groups is 1. The van der Waals surface area contributed by atoms with Crippen LogP contribution in [0.4, 0.5) is 10.5 Å². The monoisotopic (exact) mass is 480 g/mol. The molecule has 1 aliphatic heterocycles. The van der Waals surface area contributed by atoms with Crippen molar-refractivity contribution < 1.29 is 47.7 Å². The van der Waals surface area contributed by atoms with Crippen molar-refractivity contribution in [3.63, 3.8) is 0 Å². The number of hydrogen-bond acceptors (Lipinski definition) is 10. The van der Waals surface area contributed by atoms with Gasteiger partial charge >= 0.3 is 29.9 Å². The van der Waals surface area contributed by atoms with Gasteiger partial charge in [0.2, 0.25) is 6.29 Å². The van der Waals surface area contributed by atoms with Gasteiger partial charge in [0.25, 0.3) is 0 Å². The van der Waals surface area contributed by atoms with Crippen LogP contribution in [-0.4, -0.2) is 67.2 Å². The number of aryl methyl sites for hydroxylation is 1. The SMILES string of the molecule is CC(=O)OC[C@H]1O[C@H](OC(C)=O)[C@H](NC(=O)Nc2ccc(C)cc2)[C@@H](OC(C)=O)[C@@H]1OC(C)=O. The fourth-order valence-corrected chi connectivity index (χ4v) is 3.28. The van der Waals surface area contributed by atoms with Crippen LogP contribution >= 0.6 is 0 Å². The van der Waals surface area contributed by atoms with Gasteiger partial charge in [-0.05, 0) is 19.1 Å². The molecule has 1 fully saturated rings. The summed E-state index contributed by atoms with van der Waals surface area (Å²) < 4.78 is 26.6. The number of esters is 4. The number of ether oxygens (including phenoxy) is 5. The molecule has 2 rings (SSSR count). The van der Waals surface area contributed by atoms with Gasteiger partial charge in [0.1, 0.15) is 18.8 Å². The first-order valence-corrected chi connectivity index (χ1v) is 10.4. The highest BCUT2D eigenvalue weighted by Crippen LogP contribution is 2.28. The van der Waals surface area contributed by atoms with Gasteiger partial charge in [-0.2, -0.15) is 0 Å².